The molecule has 0 atom stereocenters. The summed E-state index contributed by atoms with van der Waals surface area (Å²) >= 11 is 0. The lowest BCUT2D eigenvalue weighted by atomic mass is 9.94. The van der Waals surface area contributed by atoms with Crippen molar-refractivity contribution in [2.45, 2.75) is 30.7 Å². The maximum absolute atomic E-state index is 12.1. The van der Waals surface area contributed by atoms with Crippen LogP contribution >= 0.6 is 0 Å². The van der Waals surface area contributed by atoms with E-state index in [1.54, 1.807) is 0 Å². The van der Waals surface area contributed by atoms with Crippen molar-refractivity contribution in [3.63, 3.8) is 0 Å². The molecule has 2 N–H and O–H groups in total. The average molecular weight is 316 g/mol. The van der Waals surface area contributed by atoms with Crippen LogP contribution in [0.5, 0.6) is 0 Å². The molecule has 120 valence electrons. The van der Waals surface area contributed by atoms with Gasteiger partial charge in [0, 0.05) is 12.7 Å². The Hall–Kier alpha value is -0.960. The topological polar surface area (TPSA) is 87.5 Å². The third-order valence-electron chi connectivity index (χ3n) is 3.93. The molecule has 0 radical (unpaired) electrons. The number of nitrogens with zero attached hydrogens (tertiary/aromatic N) is 3. The van der Waals surface area contributed by atoms with E-state index in [9.17, 15) is 8.42 Å². The first-order valence-corrected chi connectivity index (χ1v) is 8.81. The summed E-state index contributed by atoms with van der Waals surface area (Å²) in [6.07, 6.45) is 5.89. The van der Waals surface area contributed by atoms with Gasteiger partial charge in [0.15, 0.2) is 0 Å². The van der Waals surface area contributed by atoms with E-state index >= 15 is 0 Å². The van der Waals surface area contributed by atoms with E-state index in [0.29, 0.717) is 19.0 Å². The molecule has 0 amide bonds. The summed E-state index contributed by atoms with van der Waals surface area (Å²) in [4.78, 5) is 2.45. The van der Waals surface area contributed by atoms with Crippen LogP contribution < -0.4 is 4.72 Å². The van der Waals surface area contributed by atoms with E-state index in [0.717, 1.165) is 32.4 Å². The molecule has 7 nitrogen and oxygen atoms in total. The fraction of sp³-hybridized carbons (Fsp3) is 0.769. The van der Waals surface area contributed by atoms with Gasteiger partial charge in [0.25, 0.3) is 0 Å². The molecule has 1 aromatic rings. The van der Waals surface area contributed by atoms with E-state index in [1.807, 2.05) is 0 Å². The highest BCUT2D eigenvalue weighted by Gasteiger charge is 2.19. The van der Waals surface area contributed by atoms with Crippen LogP contribution in [0.3, 0.4) is 0 Å². The van der Waals surface area contributed by atoms with Crippen molar-refractivity contribution >= 4 is 10.0 Å². The van der Waals surface area contributed by atoms with E-state index in [-0.39, 0.29) is 11.5 Å². The first-order chi connectivity index (χ1) is 10.0. The molecule has 0 aliphatic carbocycles. The fourth-order valence-electron chi connectivity index (χ4n) is 2.54. The smallest absolute Gasteiger partial charge is 0.243 e. The van der Waals surface area contributed by atoms with Gasteiger partial charge in [-0.15, -0.1) is 0 Å². The minimum atomic E-state index is -3.49. The number of aliphatic hydroxyl groups excluding tert-OH is 1. The predicted octanol–water partition coefficient (Wildman–Crippen LogP) is -0.114. The lowest BCUT2D eigenvalue weighted by Crippen LogP contribution is -2.32. The number of aliphatic hydroxyl groups is 1. The quantitative estimate of drug-likeness (QED) is 0.733. The van der Waals surface area contributed by atoms with Gasteiger partial charge in [-0.05, 0) is 45.3 Å². The third-order valence-corrected chi connectivity index (χ3v) is 5.35. The van der Waals surface area contributed by atoms with Crippen molar-refractivity contribution < 1.29 is 13.5 Å². The summed E-state index contributed by atoms with van der Waals surface area (Å²) in [5.41, 5.74) is 0. The highest BCUT2D eigenvalue weighted by Crippen LogP contribution is 2.19. The molecule has 2 heterocycles. The Balaban J connectivity index is 1.80. The number of nitrogens with one attached hydrogen (secondary N) is 1. The molecule has 8 heteroatoms. The summed E-state index contributed by atoms with van der Waals surface area (Å²) in [5, 5.41) is 12.7. The summed E-state index contributed by atoms with van der Waals surface area (Å²) in [5.74, 6) is 0.598. The van der Waals surface area contributed by atoms with Gasteiger partial charge in [-0.1, -0.05) is 0 Å². The minimum absolute atomic E-state index is 0.0648. The molecule has 0 bridgehead atoms. The zero-order valence-electron chi connectivity index (χ0n) is 12.4. The molecule has 0 aromatic carbocycles. The van der Waals surface area contributed by atoms with Gasteiger partial charge in [-0.3, -0.25) is 4.68 Å². The summed E-state index contributed by atoms with van der Waals surface area (Å²) in [6.45, 7) is 2.87. The second-order valence-electron chi connectivity index (χ2n) is 5.60. The highest BCUT2D eigenvalue weighted by atomic mass is 32.2. The Morgan fingerprint density at radius 2 is 2.14 bits per heavy atom. The Labute approximate surface area is 126 Å². The van der Waals surface area contributed by atoms with E-state index < -0.39 is 10.0 Å². The number of hydrogen-bond acceptors (Lipinski definition) is 5. The average Bonchev–Trinajstić information content (AvgIpc) is 2.91. The number of likely N-dealkylation sites (tertiary alicyclic amines) is 1. The second-order valence-corrected chi connectivity index (χ2v) is 7.36. The normalized spacial score (nSPS) is 18.2. The van der Waals surface area contributed by atoms with E-state index in [2.05, 4.69) is 21.8 Å². The van der Waals surface area contributed by atoms with E-state index in [4.69, 9.17) is 5.11 Å². The van der Waals surface area contributed by atoms with E-state index in [1.165, 1.54) is 17.1 Å². The molecule has 1 fully saturated rings. The van der Waals surface area contributed by atoms with Crippen LogP contribution in [-0.4, -0.2) is 61.5 Å². The van der Waals surface area contributed by atoms with Crippen LogP contribution in [0.4, 0.5) is 0 Å². The van der Waals surface area contributed by atoms with Crippen LogP contribution in [0.1, 0.15) is 19.3 Å². The van der Waals surface area contributed by atoms with Gasteiger partial charge < -0.3 is 10.0 Å². The summed E-state index contributed by atoms with van der Waals surface area (Å²) in [6, 6.07) is 0. The first kappa shape index (κ1) is 16.4. The number of aromatic nitrogens is 2. The SMILES string of the molecule is CN1CCC(CCNS(=O)(=O)c2cnn(CCO)c2)CC1. The lowest BCUT2D eigenvalue weighted by molar-refractivity contribution is 0.213. The molecule has 1 saturated heterocycles. The molecule has 0 unspecified atom stereocenters. The number of rotatable bonds is 7. The van der Waals surface area contributed by atoms with Crippen molar-refractivity contribution in [2.24, 2.45) is 5.92 Å². The molecule has 0 spiro atoms. The molecule has 21 heavy (non-hydrogen) atoms. The highest BCUT2D eigenvalue weighted by molar-refractivity contribution is 7.89. The van der Waals surface area contributed by atoms with Crippen LogP contribution in [0.15, 0.2) is 17.3 Å². The maximum Gasteiger partial charge on any atom is 0.243 e. The summed E-state index contributed by atoms with van der Waals surface area (Å²) in [7, 11) is -1.38. The Bertz CT molecular complexity index is 535. The largest absolute Gasteiger partial charge is 0.394 e. The molecular formula is C13H24N4O3S. The van der Waals surface area contributed by atoms with Crippen molar-refractivity contribution in [3.8, 4) is 0 Å². The van der Waals surface area contributed by atoms with Crippen molar-refractivity contribution in [1.29, 1.82) is 0 Å². The number of hydrogen-bond donors (Lipinski definition) is 2. The van der Waals surface area contributed by atoms with Crippen LogP contribution in [0, 0.1) is 5.92 Å². The van der Waals surface area contributed by atoms with Gasteiger partial charge in [-0.2, -0.15) is 5.10 Å². The monoisotopic (exact) mass is 316 g/mol. The maximum atomic E-state index is 12.1. The molecule has 2 rings (SSSR count). The lowest BCUT2D eigenvalue weighted by Gasteiger charge is -2.28. The van der Waals surface area contributed by atoms with Crippen LogP contribution in [-0.2, 0) is 16.6 Å². The molecule has 0 saturated carbocycles. The zero-order chi connectivity index (χ0) is 15.3. The van der Waals surface area contributed by atoms with Crippen molar-refractivity contribution in [2.75, 3.05) is 33.3 Å². The van der Waals surface area contributed by atoms with Crippen LogP contribution in [0.2, 0.25) is 0 Å². The molecule has 1 aromatic heterocycles. The minimum Gasteiger partial charge on any atom is -0.394 e. The zero-order valence-corrected chi connectivity index (χ0v) is 13.2. The summed E-state index contributed by atoms with van der Waals surface area (Å²) < 4.78 is 28.3. The van der Waals surface area contributed by atoms with Gasteiger partial charge in [0.2, 0.25) is 10.0 Å². The molecular weight excluding hydrogens is 292 g/mol. The Kier molecular flexibility index (Phi) is 5.74. The van der Waals surface area contributed by atoms with Crippen molar-refractivity contribution in [3.05, 3.63) is 12.4 Å². The van der Waals surface area contributed by atoms with Gasteiger partial charge in [0.1, 0.15) is 4.90 Å². The number of piperidine rings is 1. The Morgan fingerprint density at radius 3 is 2.81 bits per heavy atom. The third kappa shape index (κ3) is 4.77. The molecule has 1 aliphatic heterocycles. The fourth-order valence-corrected chi connectivity index (χ4v) is 3.54. The van der Waals surface area contributed by atoms with Gasteiger partial charge in [0.05, 0.1) is 19.3 Å². The predicted molar refractivity (Wildman–Crippen MR) is 79.3 cm³/mol. The molecule has 1 aliphatic rings. The first-order valence-electron chi connectivity index (χ1n) is 7.33. The van der Waals surface area contributed by atoms with Crippen molar-refractivity contribution in [1.82, 2.24) is 19.4 Å². The van der Waals surface area contributed by atoms with Gasteiger partial charge in [-0.25, -0.2) is 13.1 Å². The second kappa shape index (κ2) is 7.35. The Morgan fingerprint density at radius 1 is 1.43 bits per heavy atom. The number of sulfonamides is 1. The van der Waals surface area contributed by atoms with Gasteiger partial charge >= 0.3 is 0 Å². The van der Waals surface area contributed by atoms with Crippen LogP contribution in [0.25, 0.3) is 0 Å². The standard InChI is InChI=1S/C13H24N4O3S/c1-16-6-3-12(4-7-16)2-5-15-21(19,20)13-10-14-17(11-13)8-9-18/h10-12,15,18H,2-9H2,1H3.